The third-order valence-electron chi connectivity index (χ3n) is 2.01. The summed E-state index contributed by atoms with van der Waals surface area (Å²) in [4.78, 5) is 1.33. The van der Waals surface area contributed by atoms with Crippen molar-refractivity contribution in [2.24, 2.45) is 0 Å². The molecule has 2 heterocycles. The van der Waals surface area contributed by atoms with Crippen molar-refractivity contribution in [1.82, 2.24) is 10.2 Å². The maximum atomic E-state index is 5.81. The summed E-state index contributed by atoms with van der Waals surface area (Å²) in [5.74, 6) is 0.445. The Kier molecular flexibility index (Phi) is 3.79. The summed E-state index contributed by atoms with van der Waals surface area (Å²) < 4.78 is 5.30. The number of alkyl halides is 1. The largest absolute Gasteiger partial charge is 0.407 e. The van der Waals surface area contributed by atoms with Crippen LogP contribution in [0.2, 0.25) is 0 Å². The maximum absolute atomic E-state index is 5.81. The molecule has 1 unspecified atom stereocenters. The van der Waals surface area contributed by atoms with Crippen LogP contribution in [-0.2, 0) is 6.42 Å². The van der Waals surface area contributed by atoms with E-state index in [-0.39, 0.29) is 5.38 Å². The number of halogens is 1. The SMILES string of the molecule is CC(Cl)c1nnc(NCCc2cccs2)o1. The Morgan fingerprint density at radius 1 is 1.56 bits per heavy atom. The molecule has 16 heavy (non-hydrogen) atoms. The van der Waals surface area contributed by atoms with E-state index in [0.717, 1.165) is 13.0 Å². The van der Waals surface area contributed by atoms with Gasteiger partial charge in [0.05, 0.1) is 0 Å². The highest BCUT2D eigenvalue weighted by Gasteiger charge is 2.10. The Bertz CT molecular complexity index is 427. The molecule has 86 valence electrons. The highest BCUT2D eigenvalue weighted by Crippen LogP contribution is 2.19. The first-order valence-electron chi connectivity index (χ1n) is 4.99. The summed E-state index contributed by atoms with van der Waals surface area (Å²) in [6.07, 6.45) is 0.950. The molecule has 4 nitrogen and oxygen atoms in total. The Morgan fingerprint density at radius 3 is 3.06 bits per heavy atom. The van der Waals surface area contributed by atoms with Gasteiger partial charge in [0, 0.05) is 11.4 Å². The Morgan fingerprint density at radius 2 is 2.44 bits per heavy atom. The minimum Gasteiger partial charge on any atom is -0.407 e. The second-order valence-electron chi connectivity index (χ2n) is 3.32. The first-order valence-corrected chi connectivity index (χ1v) is 6.31. The molecule has 0 aromatic carbocycles. The van der Waals surface area contributed by atoms with Gasteiger partial charge in [0.1, 0.15) is 5.38 Å². The molecule has 0 radical (unpaired) electrons. The molecule has 2 aromatic rings. The molecule has 1 atom stereocenters. The average molecular weight is 258 g/mol. The van der Waals surface area contributed by atoms with Crippen LogP contribution in [0.1, 0.15) is 23.1 Å². The quantitative estimate of drug-likeness (QED) is 0.837. The Hall–Kier alpha value is -1.07. The molecular weight excluding hydrogens is 246 g/mol. The summed E-state index contributed by atoms with van der Waals surface area (Å²) >= 11 is 7.55. The van der Waals surface area contributed by atoms with Crippen molar-refractivity contribution in [2.75, 3.05) is 11.9 Å². The summed E-state index contributed by atoms with van der Waals surface area (Å²) in [6, 6.07) is 4.57. The number of aromatic nitrogens is 2. The number of anilines is 1. The van der Waals surface area contributed by atoms with Crippen LogP contribution >= 0.6 is 22.9 Å². The number of hydrogen-bond acceptors (Lipinski definition) is 5. The average Bonchev–Trinajstić information content (AvgIpc) is 2.87. The molecular formula is C10H12ClN3OS. The maximum Gasteiger partial charge on any atom is 0.315 e. The summed E-state index contributed by atoms with van der Waals surface area (Å²) in [7, 11) is 0. The Labute approximate surface area is 103 Å². The van der Waals surface area contributed by atoms with Crippen LogP contribution in [0.4, 0.5) is 6.01 Å². The van der Waals surface area contributed by atoms with Gasteiger partial charge in [-0.05, 0) is 24.8 Å². The van der Waals surface area contributed by atoms with Gasteiger partial charge in [-0.2, -0.15) is 0 Å². The second kappa shape index (κ2) is 5.32. The van der Waals surface area contributed by atoms with Gasteiger partial charge in [0.2, 0.25) is 5.89 Å². The van der Waals surface area contributed by atoms with E-state index in [1.165, 1.54) is 4.88 Å². The molecule has 2 rings (SSSR count). The molecule has 0 fully saturated rings. The van der Waals surface area contributed by atoms with Crippen molar-refractivity contribution in [3.05, 3.63) is 28.3 Å². The van der Waals surface area contributed by atoms with E-state index in [2.05, 4.69) is 27.0 Å². The molecule has 0 amide bonds. The molecule has 0 bridgehead atoms. The van der Waals surface area contributed by atoms with Gasteiger partial charge in [-0.1, -0.05) is 11.2 Å². The van der Waals surface area contributed by atoms with Crippen LogP contribution in [0.15, 0.2) is 21.9 Å². The zero-order valence-electron chi connectivity index (χ0n) is 8.81. The van der Waals surface area contributed by atoms with Crippen LogP contribution in [0.25, 0.3) is 0 Å². The Balaban J connectivity index is 1.81. The van der Waals surface area contributed by atoms with Gasteiger partial charge in [0.15, 0.2) is 0 Å². The molecule has 0 aliphatic carbocycles. The lowest BCUT2D eigenvalue weighted by Gasteiger charge is -1.98. The molecule has 2 aromatic heterocycles. The zero-order valence-corrected chi connectivity index (χ0v) is 10.4. The highest BCUT2D eigenvalue weighted by atomic mass is 35.5. The third-order valence-corrected chi connectivity index (χ3v) is 3.13. The summed E-state index contributed by atoms with van der Waals surface area (Å²) in [6.45, 7) is 2.57. The van der Waals surface area contributed by atoms with E-state index >= 15 is 0 Å². The predicted octanol–water partition coefficient (Wildman–Crippen LogP) is 3.09. The standard InChI is InChI=1S/C10H12ClN3OS/c1-7(11)9-13-14-10(15-9)12-5-4-8-3-2-6-16-8/h2-3,6-7H,4-5H2,1H3,(H,12,14). The van der Waals surface area contributed by atoms with Crippen LogP contribution in [0.5, 0.6) is 0 Å². The van der Waals surface area contributed by atoms with Crippen molar-refractivity contribution >= 4 is 29.0 Å². The van der Waals surface area contributed by atoms with Gasteiger partial charge in [0.25, 0.3) is 0 Å². The fraction of sp³-hybridized carbons (Fsp3) is 0.400. The highest BCUT2D eigenvalue weighted by molar-refractivity contribution is 7.09. The molecule has 1 N–H and O–H groups in total. The van der Waals surface area contributed by atoms with Crippen molar-refractivity contribution in [3.63, 3.8) is 0 Å². The predicted molar refractivity (Wildman–Crippen MR) is 65.1 cm³/mol. The van der Waals surface area contributed by atoms with Gasteiger partial charge in [-0.15, -0.1) is 28.0 Å². The summed E-state index contributed by atoms with van der Waals surface area (Å²) in [5, 5.41) is 12.6. The van der Waals surface area contributed by atoms with Crippen molar-refractivity contribution < 1.29 is 4.42 Å². The monoisotopic (exact) mass is 257 g/mol. The van der Waals surface area contributed by atoms with Crippen molar-refractivity contribution in [2.45, 2.75) is 18.7 Å². The van der Waals surface area contributed by atoms with Crippen LogP contribution in [0.3, 0.4) is 0 Å². The number of hydrogen-bond donors (Lipinski definition) is 1. The molecule has 0 aliphatic heterocycles. The van der Waals surface area contributed by atoms with Gasteiger partial charge in [-0.25, -0.2) is 0 Å². The first kappa shape index (κ1) is 11.4. The van der Waals surface area contributed by atoms with Crippen molar-refractivity contribution in [1.29, 1.82) is 0 Å². The third kappa shape index (κ3) is 2.96. The molecule has 0 spiro atoms. The second-order valence-corrected chi connectivity index (χ2v) is 5.00. The zero-order chi connectivity index (χ0) is 11.4. The summed E-state index contributed by atoms with van der Waals surface area (Å²) in [5.41, 5.74) is 0. The lowest BCUT2D eigenvalue weighted by Crippen LogP contribution is -2.03. The lowest BCUT2D eigenvalue weighted by atomic mass is 10.3. The van der Waals surface area contributed by atoms with E-state index in [1.54, 1.807) is 18.3 Å². The van der Waals surface area contributed by atoms with E-state index in [1.807, 2.05) is 6.07 Å². The number of rotatable bonds is 5. The fourth-order valence-corrected chi connectivity index (χ4v) is 2.01. The minimum absolute atomic E-state index is 0.250. The van der Waals surface area contributed by atoms with Crippen LogP contribution in [-0.4, -0.2) is 16.7 Å². The van der Waals surface area contributed by atoms with Gasteiger partial charge >= 0.3 is 6.01 Å². The smallest absolute Gasteiger partial charge is 0.315 e. The number of nitrogens with one attached hydrogen (secondary N) is 1. The molecule has 6 heteroatoms. The van der Waals surface area contributed by atoms with Gasteiger partial charge in [-0.3, -0.25) is 0 Å². The van der Waals surface area contributed by atoms with Gasteiger partial charge < -0.3 is 9.73 Å². The van der Waals surface area contributed by atoms with Crippen molar-refractivity contribution in [3.8, 4) is 0 Å². The number of nitrogens with zero attached hydrogens (tertiary/aromatic N) is 2. The molecule has 0 saturated heterocycles. The van der Waals surface area contributed by atoms with E-state index in [4.69, 9.17) is 16.0 Å². The molecule has 0 aliphatic rings. The van der Waals surface area contributed by atoms with E-state index < -0.39 is 0 Å². The van der Waals surface area contributed by atoms with E-state index in [0.29, 0.717) is 11.9 Å². The topological polar surface area (TPSA) is 51.0 Å². The van der Waals surface area contributed by atoms with E-state index in [9.17, 15) is 0 Å². The number of thiophene rings is 1. The van der Waals surface area contributed by atoms with Crippen LogP contribution in [0, 0.1) is 0 Å². The minimum atomic E-state index is -0.250. The molecule has 0 saturated carbocycles. The first-order chi connectivity index (χ1) is 7.75. The van der Waals surface area contributed by atoms with Crippen LogP contribution < -0.4 is 5.32 Å². The fourth-order valence-electron chi connectivity index (χ4n) is 1.21. The lowest BCUT2D eigenvalue weighted by molar-refractivity contribution is 0.506. The normalized spacial score (nSPS) is 12.6.